The van der Waals surface area contributed by atoms with Gasteiger partial charge >= 0.3 is 0 Å². The van der Waals surface area contributed by atoms with Gasteiger partial charge in [-0.05, 0) is 41.1 Å². The number of hydrogen-bond acceptors (Lipinski definition) is 5. The summed E-state index contributed by atoms with van der Waals surface area (Å²) in [5.74, 6) is 0. The molecule has 7 heteroatoms. The molecule has 0 atom stereocenters. The first-order valence-electron chi connectivity index (χ1n) is 4.66. The first-order valence-corrected chi connectivity index (χ1v) is 7.06. The molecule has 0 fully saturated rings. The third-order valence-electron chi connectivity index (χ3n) is 1.95. The molecule has 88 valence electrons. The summed E-state index contributed by atoms with van der Waals surface area (Å²) in [6, 6.07) is 5.72. The summed E-state index contributed by atoms with van der Waals surface area (Å²) in [5, 5.41) is 9.56. The van der Waals surface area contributed by atoms with Crippen LogP contribution in [-0.2, 0) is 0 Å². The molecule has 2 N–H and O–H groups in total. The zero-order valence-electron chi connectivity index (χ0n) is 8.82. The van der Waals surface area contributed by atoms with Crippen LogP contribution in [0.4, 0.5) is 15.8 Å². The van der Waals surface area contributed by atoms with E-state index in [0.717, 1.165) is 25.3 Å². The zero-order chi connectivity index (χ0) is 12.4. The molecule has 17 heavy (non-hydrogen) atoms. The number of nitrogen functional groups attached to an aromatic ring is 1. The highest BCUT2D eigenvalue weighted by Crippen LogP contribution is 2.33. The van der Waals surface area contributed by atoms with Crippen molar-refractivity contribution in [2.24, 2.45) is 10.2 Å². The van der Waals surface area contributed by atoms with Crippen LogP contribution in [0.3, 0.4) is 0 Å². The maximum absolute atomic E-state index is 5.59. The van der Waals surface area contributed by atoms with Crippen LogP contribution >= 0.6 is 43.2 Å². The van der Waals surface area contributed by atoms with Crippen LogP contribution in [0.1, 0.15) is 5.69 Å². The van der Waals surface area contributed by atoms with Gasteiger partial charge in [0, 0.05) is 8.95 Å². The molecule has 1 aromatic carbocycles. The normalized spacial score (nSPS) is 11.2. The van der Waals surface area contributed by atoms with E-state index in [4.69, 9.17) is 5.73 Å². The average Bonchev–Trinajstić information content (AvgIpc) is 2.59. The van der Waals surface area contributed by atoms with Gasteiger partial charge in [-0.2, -0.15) is 0 Å². The Bertz CT molecular complexity index is 580. The van der Waals surface area contributed by atoms with Crippen LogP contribution in [0, 0.1) is 6.92 Å². The molecule has 2 rings (SSSR count). The Balaban J connectivity index is 2.31. The Labute approximate surface area is 119 Å². The van der Waals surface area contributed by atoms with Crippen LogP contribution in [0.15, 0.2) is 37.4 Å². The van der Waals surface area contributed by atoms with E-state index in [0.29, 0.717) is 5.13 Å². The number of aromatic nitrogens is 1. The average molecular weight is 376 g/mol. The third kappa shape index (κ3) is 3.11. The number of nitrogens with zero attached hydrogens (tertiary/aromatic N) is 3. The van der Waals surface area contributed by atoms with Crippen molar-refractivity contribution in [1.82, 2.24) is 4.98 Å². The fraction of sp³-hybridized carbons (Fsp3) is 0.100. The smallest absolute Gasteiger partial charge is 0.182 e. The van der Waals surface area contributed by atoms with Crippen molar-refractivity contribution < 1.29 is 0 Å². The lowest BCUT2D eigenvalue weighted by molar-refractivity contribution is 1.19. The van der Waals surface area contributed by atoms with Gasteiger partial charge in [-0.25, -0.2) is 4.98 Å². The van der Waals surface area contributed by atoms with E-state index in [9.17, 15) is 0 Å². The van der Waals surface area contributed by atoms with E-state index in [1.807, 2.05) is 25.1 Å². The number of azo groups is 1. The molecule has 0 radical (unpaired) electrons. The van der Waals surface area contributed by atoms with Gasteiger partial charge in [0.15, 0.2) is 10.1 Å². The van der Waals surface area contributed by atoms with Crippen LogP contribution in [-0.4, -0.2) is 4.98 Å². The van der Waals surface area contributed by atoms with Gasteiger partial charge in [0.1, 0.15) is 5.69 Å². The minimum absolute atomic E-state index is 0.504. The quantitative estimate of drug-likeness (QED) is 0.752. The number of halogens is 2. The van der Waals surface area contributed by atoms with Crippen molar-refractivity contribution in [3.63, 3.8) is 0 Å². The Morgan fingerprint density at radius 3 is 2.71 bits per heavy atom. The largest absolute Gasteiger partial charge is 0.375 e. The molecule has 0 bridgehead atoms. The summed E-state index contributed by atoms with van der Waals surface area (Å²) >= 11 is 8.13. The number of benzene rings is 1. The van der Waals surface area contributed by atoms with Crippen LogP contribution in [0.25, 0.3) is 0 Å². The van der Waals surface area contributed by atoms with Gasteiger partial charge in [-0.15, -0.1) is 10.2 Å². The van der Waals surface area contributed by atoms with Gasteiger partial charge in [0.25, 0.3) is 0 Å². The van der Waals surface area contributed by atoms with Crippen LogP contribution in [0.2, 0.25) is 0 Å². The lowest BCUT2D eigenvalue weighted by Crippen LogP contribution is -1.80. The second-order valence-electron chi connectivity index (χ2n) is 3.24. The highest BCUT2D eigenvalue weighted by atomic mass is 79.9. The Morgan fingerprint density at radius 1 is 1.29 bits per heavy atom. The molecular formula is C10H8Br2N4S. The third-order valence-corrected chi connectivity index (χ3v) is 3.98. The van der Waals surface area contributed by atoms with Gasteiger partial charge < -0.3 is 5.73 Å². The van der Waals surface area contributed by atoms with Gasteiger partial charge in [-0.1, -0.05) is 27.3 Å². The molecule has 4 nitrogen and oxygen atoms in total. The number of hydrogen-bond donors (Lipinski definition) is 1. The lowest BCUT2D eigenvalue weighted by Gasteiger charge is -1.97. The summed E-state index contributed by atoms with van der Waals surface area (Å²) in [4.78, 5) is 4.08. The molecular weight excluding hydrogens is 368 g/mol. The van der Waals surface area contributed by atoms with E-state index < -0.39 is 0 Å². The second-order valence-corrected chi connectivity index (χ2v) is 6.02. The number of nitrogens with two attached hydrogens (primary N) is 1. The molecule has 1 aromatic heterocycles. The van der Waals surface area contributed by atoms with E-state index in [-0.39, 0.29) is 0 Å². The van der Waals surface area contributed by atoms with Crippen molar-refractivity contribution in [2.45, 2.75) is 6.92 Å². The van der Waals surface area contributed by atoms with Crippen molar-refractivity contribution in [3.05, 3.63) is 32.8 Å². The Hall–Kier alpha value is -0.790. The maximum atomic E-state index is 5.59. The van der Waals surface area contributed by atoms with Gasteiger partial charge in [-0.3, -0.25) is 0 Å². The predicted molar refractivity (Wildman–Crippen MR) is 77.3 cm³/mol. The minimum atomic E-state index is 0.504. The van der Waals surface area contributed by atoms with Gasteiger partial charge in [0.2, 0.25) is 0 Å². The lowest BCUT2D eigenvalue weighted by atomic mass is 10.3. The molecule has 0 aliphatic carbocycles. The number of rotatable bonds is 2. The molecule has 0 spiro atoms. The van der Waals surface area contributed by atoms with E-state index >= 15 is 0 Å². The summed E-state index contributed by atoms with van der Waals surface area (Å²) in [6.45, 7) is 1.86. The summed E-state index contributed by atoms with van der Waals surface area (Å²) in [5.41, 5.74) is 7.14. The van der Waals surface area contributed by atoms with Crippen LogP contribution in [0.5, 0.6) is 0 Å². The fourth-order valence-electron chi connectivity index (χ4n) is 1.16. The van der Waals surface area contributed by atoms with E-state index in [1.54, 1.807) is 0 Å². The van der Waals surface area contributed by atoms with Crippen LogP contribution < -0.4 is 5.73 Å². The zero-order valence-corrected chi connectivity index (χ0v) is 12.8. The SMILES string of the molecule is Cc1nc(N)sc1N=Nc1cc(Br)ccc1Br. The molecule has 0 unspecified atom stereocenters. The highest BCUT2D eigenvalue weighted by molar-refractivity contribution is 9.11. The summed E-state index contributed by atoms with van der Waals surface area (Å²) in [7, 11) is 0. The van der Waals surface area contributed by atoms with Gasteiger partial charge in [0.05, 0.1) is 5.69 Å². The highest BCUT2D eigenvalue weighted by Gasteiger charge is 2.04. The van der Waals surface area contributed by atoms with Crippen molar-refractivity contribution >= 4 is 59.0 Å². The first-order chi connectivity index (χ1) is 8.06. The number of anilines is 1. The molecule has 0 aliphatic rings. The number of aryl methyl sites for hydroxylation is 1. The summed E-state index contributed by atoms with van der Waals surface area (Å²) < 4.78 is 1.84. The predicted octanol–water partition coefficient (Wildman–Crippen LogP) is 4.97. The molecule has 0 aliphatic heterocycles. The summed E-state index contributed by atoms with van der Waals surface area (Å²) in [6.07, 6.45) is 0. The first kappa shape index (κ1) is 12.7. The van der Waals surface area contributed by atoms with E-state index in [2.05, 4.69) is 47.1 Å². The molecule has 0 saturated carbocycles. The van der Waals surface area contributed by atoms with Crippen molar-refractivity contribution in [3.8, 4) is 0 Å². The molecule has 2 aromatic rings. The molecule has 1 heterocycles. The standard InChI is InChI=1S/C10H8Br2N4S/c1-5-9(17-10(13)14-5)16-15-8-4-6(11)2-3-7(8)12/h2-4H,1H3,(H2,13,14). The van der Waals surface area contributed by atoms with Crippen molar-refractivity contribution in [2.75, 3.05) is 5.73 Å². The number of thiazole rings is 1. The van der Waals surface area contributed by atoms with E-state index in [1.165, 1.54) is 11.3 Å². The van der Waals surface area contributed by atoms with Crippen molar-refractivity contribution in [1.29, 1.82) is 0 Å². The minimum Gasteiger partial charge on any atom is -0.375 e. The maximum Gasteiger partial charge on any atom is 0.182 e. The molecule has 0 amide bonds. The monoisotopic (exact) mass is 374 g/mol. The Morgan fingerprint density at radius 2 is 2.06 bits per heavy atom. The topological polar surface area (TPSA) is 63.6 Å². The fourth-order valence-corrected chi connectivity index (χ4v) is 2.49. The Kier molecular flexibility index (Phi) is 3.90. The molecule has 0 saturated heterocycles. The second kappa shape index (κ2) is 5.24.